The van der Waals surface area contributed by atoms with Gasteiger partial charge in [0.05, 0.1) is 11.8 Å². The molecule has 144 valence electrons. The number of nitrogens with one attached hydrogen (secondary N) is 2. The lowest BCUT2D eigenvalue weighted by Gasteiger charge is -2.18. The Morgan fingerprint density at radius 2 is 1.96 bits per heavy atom. The number of fused-ring (bicyclic) bond motifs is 5. The first kappa shape index (κ1) is 18.2. The summed E-state index contributed by atoms with van der Waals surface area (Å²) >= 11 is 1.70. The fourth-order valence-electron chi connectivity index (χ4n) is 4.54. The highest BCUT2D eigenvalue weighted by molar-refractivity contribution is 7.07. The number of carbonyl (C=O) groups excluding carboxylic acids is 2. The molecule has 1 aromatic rings. The van der Waals surface area contributed by atoms with Crippen LogP contribution < -0.4 is 10.6 Å². The summed E-state index contributed by atoms with van der Waals surface area (Å²) in [6.07, 6.45) is 6.13. The number of thiophene rings is 1. The Morgan fingerprint density at radius 1 is 1.22 bits per heavy atom. The van der Waals surface area contributed by atoms with Gasteiger partial charge in [-0.3, -0.25) is 19.5 Å². The summed E-state index contributed by atoms with van der Waals surface area (Å²) in [7, 11) is 0. The Morgan fingerprint density at radius 3 is 2.59 bits per heavy atom. The summed E-state index contributed by atoms with van der Waals surface area (Å²) in [4.78, 5) is 31.4. The topological polar surface area (TPSA) is 73.8 Å². The van der Waals surface area contributed by atoms with E-state index < -0.39 is 0 Å². The third kappa shape index (κ3) is 3.52. The molecule has 1 saturated heterocycles. The van der Waals surface area contributed by atoms with Gasteiger partial charge >= 0.3 is 0 Å². The Kier molecular flexibility index (Phi) is 5.29. The summed E-state index contributed by atoms with van der Waals surface area (Å²) in [5, 5.41) is 10.7. The van der Waals surface area contributed by atoms with Crippen molar-refractivity contribution >= 4 is 29.1 Å². The normalized spacial score (nSPS) is 28.9. The van der Waals surface area contributed by atoms with Crippen LogP contribution in [0.2, 0.25) is 0 Å². The van der Waals surface area contributed by atoms with Gasteiger partial charge < -0.3 is 10.6 Å². The van der Waals surface area contributed by atoms with Crippen molar-refractivity contribution in [2.45, 2.75) is 19.8 Å². The Hall–Kier alpha value is -2.15. The van der Waals surface area contributed by atoms with Crippen LogP contribution >= 0.6 is 11.3 Å². The average Bonchev–Trinajstić information content (AvgIpc) is 3.43. The molecular weight excluding hydrogens is 360 g/mol. The van der Waals surface area contributed by atoms with Gasteiger partial charge in [0.15, 0.2) is 5.96 Å². The van der Waals surface area contributed by atoms with Gasteiger partial charge in [-0.1, -0.05) is 12.2 Å². The third-order valence-corrected chi connectivity index (χ3v) is 6.52. The van der Waals surface area contributed by atoms with Crippen molar-refractivity contribution in [1.82, 2.24) is 15.5 Å². The highest BCUT2D eigenvalue weighted by Gasteiger charge is 2.58. The number of carbonyl (C=O) groups is 2. The monoisotopic (exact) mass is 386 g/mol. The molecule has 1 saturated carbocycles. The van der Waals surface area contributed by atoms with Gasteiger partial charge in [-0.05, 0) is 54.0 Å². The molecule has 2 fully saturated rings. The van der Waals surface area contributed by atoms with Crippen LogP contribution in [0, 0.1) is 23.7 Å². The number of allylic oxidation sites excluding steroid dienone is 2. The number of rotatable bonds is 7. The maximum atomic E-state index is 12.7. The minimum atomic E-state index is -0.111. The molecule has 2 heterocycles. The molecule has 4 atom stereocenters. The average molecular weight is 387 g/mol. The molecular formula is C20H26N4O2S. The number of hydrogen-bond donors (Lipinski definition) is 2. The van der Waals surface area contributed by atoms with Crippen LogP contribution in [0.1, 0.15) is 18.9 Å². The molecule has 6 nitrogen and oxygen atoms in total. The van der Waals surface area contributed by atoms with E-state index in [0.29, 0.717) is 19.6 Å². The maximum Gasteiger partial charge on any atom is 0.233 e. The van der Waals surface area contributed by atoms with Gasteiger partial charge in [0.2, 0.25) is 11.8 Å². The second-order valence-corrected chi connectivity index (χ2v) is 8.18. The molecule has 3 aliphatic rings. The zero-order valence-electron chi connectivity index (χ0n) is 15.6. The molecule has 0 radical (unpaired) electrons. The Labute approximate surface area is 163 Å². The zero-order valence-corrected chi connectivity index (χ0v) is 16.4. The van der Waals surface area contributed by atoms with E-state index in [-0.39, 0.29) is 35.5 Å². The number of likely N-dealkylation sites (tertiary alicyclic amines) is 1. The molecule has 2 aliphatic carbocycles. The van der Waals surface area contributed by atoms with Crippen molar-refractivity contribution in [2.24, 2.45) is 28.7 Å². The van der Waals surface area contributed by atoms with Crippen molar-refractivity contribution < 1.29 is 9.59 Å². The van der Waals surface area contributed by atoms with E-state index in [1.165, 1.54) is 10.5 Å². The lowest BCUT2D eigenvalue weighted by Crippen LogP contribution is -2.43. The quantitative estimate of drug-likeness (QED) is 0.323. The number of imide groups is 1. The minimum absolute atomic E-state index is 0.0167. The van der Waals surface area contributed by atoms with Crippen LogP contribution in [0.15, 0.2) is 34.0 Å². The lowest BCUT2D eigenvalue weighted by molar-refractivity contribution is -0.140. The number of nitrogens with zero attached hydrogens (tertiary/aromatic N) is 2. The minimum Gasteiger partial charge on any atom is -0.357 e. The third-order valence-electron chi connectivity index (χ3n) is 5.78. The SMILES string of the molecule is CCNC(=NCCc1ccsc1)NCCN1C(=O)C2C3C=CC(C3)C2C1=O. The molecule has 0 spiro atoms. The summed E-state index contributed by atoms with van der Waals surface area (Å²) in [6.45, 7) is 4.41. The Bertz CT molecular complexity index is 728. The van der Waals surface area contributed by atoms with E-state index in [9.17, 15) is 9.59 Å². The number of guanidine groups is 1. The van der Waals surface area contributed by atoms with E-state index in [1.807, 2.05) is 6.92 Å². The second-order valence-electron chi connectivity index (χ2n) is 7.40. The molecule has 4 unspecified atom stereocenters. The van der Waals surface area contributed by atoms with Crippen LogP contribution in [-0.4, -0.2) is 48.9 Å². The summed E-state index contributed by atoms with van der Waals surface area (Å²) in [5.74, 6) is 1.08. The van der Waals surface area contributed by atoms with Gasteiger partial charge in [-0.15, -0.1) is 0 Å². The van der Waals surface area contributed by atoms with E-state index >= 15 is 0 Å². The molecule has 2 bridgehead atoms. The smallest absolute Gasteiger partial charge is 0.233 e. The van der Waals surface area contributed by atoms with Gasteiger partial charge in [0.1, 0.15) is 0 Å². The first-order valence-corrected chi connectivity index (χ1v) is 10.7. The molecule has 4 rings (SSSR count). The predicted octanol–water partition coefficient (Wildman–Crippen LogP) is 1.65. The second kappa shape index (κ2) is 7.84. The van der Waals surface area contributed by atoms with Gasteiger partial charge in [0.25, 0.3) is 0 Å². The van der Waals surface area contributed by atoms with Crippen LogP contribution in [0.3, 0.4) is 0 Å². The lowest BCUT2D eigenvalue weighted by atomic mass is 9.85. The summed E-state index contributed by atoms with van der Waals surface area (Å²) < 4.78 is 0. The van der Waals surface area contributed by atoms with Crippen LogP contribution in [0.25, 0.3) is 0 Å². The van der Waals surface area contributed by atoms with Gasteiger partial charge in [0, 0.05) is 26.2 Å². The largest absolute Gasteiger partial charge is 0.357 e. The maximum absolute atomic E-state index is 12.7. The van der Waals surface area contributed by atoms with Crippen LogP contribution in [-0.2, 0) is 16.0 Å². The molecule has 7 heteroatoms. The molecule has 27 heavy (non-hydrogen) atoms. The standard InChI is InChI=1S/C20H26N4O2S/c1-2-21-20(22-7-5-13-6-10-27-12-13)23-8-9-24-18(25)16-14-3-4-15(11-14)17(16)19(24)26/h3-4,6,10,12,14-17H,2,5,7-9,11H2,1H3,(H2,21,22,23). The first-order valence-electron chi connectivity index (χ1n) is 9.76. The fourth-order valence-corrected chi connectivity index (χ4v) is 5.25. The predicted molar refractivity (Wildman–Crippen MR) is 106 cm³/mol. The van der Waals surface area contributed by atoms with Crippen molar-refractivity contribution in [2.75, 3.05) is 26.2 Å². The van der Waals surface area contributed by atoms with Crippen LogP contribution in [0.4, 0.5) is 0 Å². The van der Waals surface area contributed by atoms with E-state index in [2.05, 4.69) is 44.6 Å². The first-order chi connectivity index (χ1) is 13.2. The van der Waals surface area contributed by atoms with Crippen molar-refractivity contribution in [3.8, 4) is 0 Å². The summed E-state index contributed by atoms with van der Waals surface area (Å²) in [6, 6.07) is 2.12. The van der Waals surface area contributed by atoms with Crippen molar-refractivity contribution in [1.29, 1.82) is 0 Å². The molecule has 0 aromatic carbocycles. The summed E-state index contributed by atoms with van der Waals surface area (Å²) in [5.41, 5.74) is 1.29. The van der Waals surface area contributed by atoms with Crippen molar-refractivity contribution in [3.05, 3.63) is 34.5 Å². The number of aliphatic imine (C=N–C) groups is 1. The molecule has 1 aromatic heterocycles. The van der Waals surface area contributed by atoms with Gasteiger partial charge in [-0.25, -0.2) is 0 Å². The Balaban J connectivity index is 1.29. The zero-order chi connectivity index (χ0) is 18.8. The fraction of sp³-hybridized carbons (Fsp3) is 0.550. The van der Waals surface area contributed by atoms with Gasteiger partial charge in [-0.2, -0.15) is 11.3 Å². The molecule has 2 N–H and O–H groups in total. The number of hydrogen-bond acceptors (Lipinski definition) is 4. The van der Waals surface area contributed by atoms with E-state index in [4.69, 9.17) is 0 Å². The van der Waals surface area contributed by atoms with Crippen LogP contribution in [0.5, 0.6) is 0 Å². The van der Waals surface area contributed by atoms with E-state index in [1.54, 1.807) is 11.3 Å². The molecule has 1 aliphatic heterocycles. The van der Waals surface area contributed by atoms with E-state index in [0.717, 1.165) is 25.3 Å². The highest BCUT2D eigenvalue weighted by atomic mass is 32.1. The molecule has 2 amide bonds. The van der Waals surface area contributed by atoms with Crippen molar-refractivity contribution in [3.63, 3.8) is 0 Å². The highest BCUT2D eigenvalue weighted by Crippen LogP contribution is 2.52. The number of amides is 2.